The fraction of sp³-hybridized carbons (Fsp3) is 0.750. The molecule has 0 fully saturated rings. The van der Waals surface area contributed by atoms with Gasteiger partial charge in [-0.05, 0) is 32.1 Å². The topological polar surface area (TPSA) is 113 Å². The summed E-state index contributed by atoms with van der Waals surface area (Å²) in [6, 6.07) is 0. The number of allylic oxidation sites excluding steroid dienone is 2. The Bertz CT molecular complexity index is 589. The van der Waals surface area contributed by atoms with Gasteiger partial charge in [0.1, 0.15) is 6.10 Å². The van der Waals surface area contributed by atoms with Crippen LogP contribution in [-0.4, -0.2) is 75.6 Å². The molecule has 0 spiro atoms. The zero-order valence-electron chi connectivity index (χ0n) is 18.9. The fourth-order valence-corrected chi connectivity index (χ4v) is 3.43. The van der Waals surface area contributed by atoms with Gasteiger partial charge in [0.15, 0.2) is 6.10 Å². The van der Waals surface area contributed by atoms with Crippen molar-refractivity contribution >= 4 is 41.5 Å². The number of hydrogen-bond donors (Lipinski definition) is 3. The van der Waals surface area contributed by atoms with Crippen LogP contribution in [0, 0.1) is 0 Å². The van der Waals surface area contributed by atoms with Gasteiger partial charge in [-0.25, -0.2) is 4.79 Å². The second-order valence-electron chi connectivity index (χ2n) is 8.10. The molecule has 7 nitrogen and oxygen atoms in total. The van der Waals surface area contributed by atoms with Crippen LogP contribution in [0.1, 0.15) is 96.8 Å². The molecule has 0 bridgehead atoms. The van der Waals surface area contributed by atoms with Gasteiger partial charge in [0.25, 0.3) is 0 Å². The Balaban J connectivity index is 0.00000961. The number of aliphatic hydroxyl groups is 3. The number of carbonyl (C=O) groups excluding carboxylic acids is 2. The molecule has 180 valence electrons. The van der Waals surface area contributed by atoms with Crippen LogP contribution in [0.3, 0.4) is 0 Å². The van der Waals surface area contributed by atoms with Gasteiger partial charge >= 0.3 is 41.5 Å². The first-order chi connectivity index (χ1) is 15.0. The van der Waals surface area contributed by atoms with Crippen molar-refractivity contribution in [1.29, 1.82) is 0 Å². The molecular formula is C24H41NaO7. The van der Waals surface area contributed by atoms with Crippen molar-refractivity contribution in [3.63, 3.8) is 0 Å². The summed E-state index contributed by atoms with van der Waals surface area (Å²) in [6.45, 7) is 1.54. The molecular weight excluding hydrogens is 423 g/mol. The van der Waals surface area contributed by atoms with E-state index in [0.717, 1.165) is 32.1 Å². The first kappa shape index (κ1) is 31.1. The quantitative estimate of drug-likeness (QED) is 0.122. The van der Waals surface area contributed by atoms with Crippen LogP contribution in [0.25, 0.3) is 0 Å². The second-order valence-corrected chi connectivity index (χ2v) is 8.10. The van der Waals surface area contributed by atoms with Crippen molar-refractivity contribution in [1.82, 2.24) is 0 Å². The molecule has 32 heavy (non-hydrogen) atoms. The van der Waals surface area contributed by atoms with Crippen LogP contribution in [0.2, 0.25) is 0 Å². The van der Waals surface area contributed by atoms with Crippen molar-refractivity contribution in [2.24, 2.45) is 0 Å². The van der Waals surface area contributed by atoms with Crippen molar-refractivity contribution in [3.05, 3.63) is 23.7 Å². The second kappa shape index (κ2) is 19.6. The monoisotopic (exact) mass is 464 g/mol. The van der Waals surface area contributed by atoms with Gasteiger partial charge in [-0.1, -0.05) is 70.4 Å². The maximum absolute atomic E-state index is 12.0. The molecule has 3 N–H and O–H groups in total. The minimum absolute atomic E-state index is 0. The van der Waals surface area contributed by atoms with E-state index >= 15 is 0 Å². The van der Waals surface area contributed by atoms with Crippen LogP contribution >= 0.6 is 0 Å². The molecule has 1 aliphatic rings. The molecule has 0 aliphatic carbocycles. The standard InChI is InChI=1S/C24H40O7.Na.H/c1-2-3-4-5-6-7-8-9-10-11-12-13-14-15-16-17-20(27)30-23-21(28)24(29)31-22(23)19(26)18-25;;/h9-10,19,22,25-26,28H,2-8,11-18H2,1H3;;/b10-9-;;/t19-,22+;;/m0../s1. The summed E-state index contributed by atoms with van der Waals surface area (Å²) in [5.41, 5.74) is 0. The first-order valence-corrected chi connectivity index (χ1v) is 11.8. The summed E-state index contributed by atoms with van der Waals surface area (Å²) in [5.74, 6) is -2.95. The van der Waals surface area contributed by atoms with Crippen LogP contribution in [-0.2, 0) is 19.1 Å². The van der Waals surface area contributed by atoms with Crippen LogP contribution in [0.5, 0.6) is 0 Å². The molecule has 0 aromatic rings. The van der Waals surface area contributed by atoms with Gasteiger partial charge in [-0.3, -0.25) is 4.79 Å². The molecule has 0 amide bonds. The molecule has 0 radical (unpaired) electrons. The van der Waals surface area contributed by atoms with Crippen molar-refractivity contribution in [2.75, 3.05) is 6.61 Å². The predicted octanol–water partition coefficient (Wildman–Crippen LogP) is 3.97. The Morgan fingerprint density at radius 3 is 2.09 bits per heavy atom. The van der Waals surface area contributed by atoms with Gasteiger partial charge in [-0.2, -0.15) is 0 Å². The zero-order valence-corrected chi connectivity index (χ0v) is 18.9. The summed E-state index contributed by atoms with van der Waals surface area (Å²) in [6.07, 6.45) is 16.9. The third kappa shape index (κ3) is 13.0. The molecule has 0 aromatic carbocycles. The average Bonchev–Trinajstić information content (AvgIpc) is 3.04. The SMILES string of the molecule is CCCCCCCC/C=C\CCCCCCCC(=O)OC1=C(O)C(=O)O[C@@H]1[C@@H](O)CO.[NaH]. The Morgan fingerprint density at radius 2 is 1.53 bits per heavy atom. The number of carbonyl (C=O) groups is 2. The van der Waals surface area contributed by atoms with E-state index in [1.807, 2.05) is 0 Å². The maximum atomic E-state index is 12.0. The third-order valence-electron chi connectivity index (χ3n) is 5.32. The van der Waals surface area contributed by atoms with E-state index < -0.39 is 42.3 Å². The summed E-state index contributed by atoms with van der Waals surface area (Å²) in [5, 5.41) is 28.3. The predicted molar refractivity (Wildman–Crippen MR) is 125 cm³/mol. The Morgan fingerprint density at radius 1 is 1.00 bits per heavy atom. The fourth-order valence-electron chi connectivity index (χ4n) is 3.43. The van der Waals surface area contributed by atoms with E-state index in [-0.39, 0.29) is 36.0 Å². The third-order valence-corrected chi connectivity index (χ3v) is 5.32. The van der Waals surface area contributed by atoms with Crippen LogP contribution in [0.15, 0.2) is 23.7 Å². The van der Waals surface area contributed by atoms with Gasteiger partial charge in [0, 0.05) is 6.42 Å². The molecule has 0 saturated heterocycles. The first-order valence-electron chi connectivity index (χ1n) is 11.8. The van der Waals surface area contributed by atoms with E-state index in [1.165, 1.54) is 44.9 Å². The van der Waals surface area contributed by atoms with E-state index in [4.69, 9.17) is 14.6 Å². The number of rotatable bonds is 18. The van der Waals surface area contributed by atoms with Gasteiger partial charge in [0.05, 0.1) is 6.61 Å². The number of hydrogen-bond acceptors (Lipinski definition) is 7. The minimum atomic E-state index is -1.46. The van der Waals surface area contributed by atoms with Gasteiger partial charge < -0.3 is 24.8 Å². The molecule has 0 aromatic heterocycles. The van der Waals surface area contributed by atoms with Crippen molar-refractivity contribution < 1.29 is 34.4 Å². The van der Waals surface area contributed by atoms with Crippen LogP contribution < -0.4 is 0 Å². The van der Waals surface area contributed by atoms with E-state index in [9.17, 15) is 19.8 Å². The van der Waals surface area contributed by atoms with Gasteiger partial charge in [-0.15, -0.1) is 0 Å². The summed E-state index contributed by atoms with van der Waals surface area (Å²) in [4.78, 5) is 23.3. The summed E-state index contributed by atoms with van der Waals surface area (Å²) < 4.78 is 9.73. The van der Waals surface area contributed by atoms with Gasteiger partial charge in [0.2, 0.25) is 11.5 Å². The van der Waals surface area contributed by atoms with E-state index in [0.29, 0.717) is 6.42 Å². The molecule has 0 unspecified atom stereocenters. The number of cyclic esters (lactones) is 1. The normalized spacial score (nSPS) is 16.8. The summed E-state index contributed by atoms with van der Waals surface area (Å²) >= 11 is 0. The number of unbranched alkanes of at least 4 members (excludes halogenated alkanes) is 11. The molecule has 0 saturated carbocycles. The zero-order chi connectivity index (χ0) is 22.9. The number of esters is 2. The Hall–Kier alpha value is -0.860. The molecule has 2 atom stereocenters. The van der Waals surface area contributed by atoms with Crippen molar-refractivity contribution in [2.45, 2.75) is 109 Å². The Labute approximate surface area is 214 Å². The summed E-state index contributed by atoms with van der Waals surface area (Å²) in [7, 11) is 0. The number of aliphatic hydroxyl groups excluding tert-OH is 3. The molecule has 8 heteroatoms. The van der Waals surface area contributed by atoms with Crippen LogP contribution in [0.4, 0.5) is 0 Å². The van der Waals surface area contributed by atoms with Crippen molar-refractivity contribution in [3.8, 4) is 0 Å². The molecule has 1 rings (SSSR count). The molecule has 1 heterocycles. The number of ether oxygens (including phenoxy) is 2. The van der Waals surface area contributed by atoms with E-state index in [1.54, 1.807) is 0 Å². The van der Waals surface area contributed by atoms with E-state index in [2.05, 4.69) is 19.1 Å². The Kier molecular flexibility index (Phi) is 19.1. The average molecular weight is 465 g/mol. The molecule has 1 aliphatic heterocycles.